The van der Waals surface area contributed by atoms with Crippen molar-refractivity contribution in [2.24, 2.45) is 0 Å². The van der Waals surface area contributed by atoms with E-state index >= 15 is 0 Å². The second-order valence-electron chi connectivity index (χ2n) is 3.94. The summed E-state index contributed by atoms with van der Waals surface area (Å²) in [6, 6.07) is -0.714. The van der Waals surface area contributed by atoms with E-state index < -0.39 is 33.9 Å². The summed E-state index contributed by atoms with van der Waals surface area (Å²) in [5.41, 5.74) is 0. The smallest absolute Gasteiger partial charge is 0.321 e. The molecule has 0 saturated carbocycles. The van der Waals surface area contributed by atoms with Crippen LogP contribution in [0.3, 0.4) is 0 Å². The molecule has 0 radical (unpaired) electrons. The lowest BCUT2D eigenvalue weighted by atomic mass is 10.2. The molecule has 0 aromatic rings. The lowest BCUT2D eigenvalue weighted by Crippen LogP contribution is -2.46. The molecule has 1 aliphatic rings. The number of alkyl halides is 2. The Morgan fingerprint density at radius 1 is 1.28 bits per heavy atom. The van der Waals surface area contributed by atoms with Gasteiger partial charge in [0.15, 0.2) is 9.84 Å². The SMILES string of the molecule is CN(C(=O)CCl)[C@@H]1CS(=O)(=O)C[C@H]1OC(=O)CCl. The first-order valence-electron chi connectivity index (χ1n) is 5.08. The van der Waals surface area contributed by atoms with Crippen LogP contribution < -0.4 is 0 Å². The number of amides is 1. The number of rotatable bonds is 4. The van der Waals surface area contributed by atoms with E-state index in [1.54, 1.807) is 0 Å². The highest BCUT2D eigenvalue weighted by molar-refractivity contribution is 7.91. The number of carbonyl (C=O) groups excluding carboxylic acids is 2. The standard InChI is InChI=1S/C9H13Cl2NO5S/c1-12(8(13)2-10)6-4-18(15,16)5-7(6)17-9(14)3-11/h6-7H,2-5H2,1H3/t6-,7-/m1/s1. The quantitative estimate of drug-likeness (QED) is 0.522. The van der Waals surface area contributed by atoms with E-state index in [-0.39, 0.29) is 23.3 Å². The molecule has 9 heteroatoms. The number of ether oxygens (including phenoxy) is 1. The molecule has 2 atom stereocenters. The van der Waals surface area contributed by atoms with Gasteiger partial charge in [-0.3, -0.25) is 9.59 Å². The summed E-state index contributed by atoms with van der Waals surface area (Å²) in [4.78, 5) is 23.7. The number of sulfone groups is 1. The summed E-state index contributed by atoms with van der Waals surface area (Å²) in [5.74, 6) is -2.31. The first-order valence-corrected chi connectivity index (χ1v) is 7.97. The Morgan fingerprint density at radius 3 is 2.39 bits per heavy atom. The molecule has 0 aromatic heterocycles. The minimum absolute atomic E-state index is 0.244. The van der Waals surface area contributed by atoms with Crippen LogP contribution in [0.2, 0.25) is 0 Å². The largest absolute Gasteiger partial charge is 0.458 e. The van der Waals surface area contributed by atoms with E-state index in [0.29, 0.717) is 0 Å². The summed E-state index contributed by atoms with van der Waals surface area (Å²) in [7, 11) is -1.91. The van der Waals surface area contributed by atoms with Gasteiger partial charge in [0.25, 0.3) is 0 Å². The topological polar surface area (TPSA) is 80.8 Å². The summed E-state index contributed by atoms with van der Waals surface area (Å²) in [6.07, 6.45) is -0.890. The average molecular weight is 318 g/mol. The molecule has 1 aliphatic heterocycles. The van der Waals surface area contributed by atoms with Crippen molar-refractivity contribution in [1.82, 2.24) is 4.90 Å². The maximum absolute atomic E-state index is 11.5. The summed E-state index contributed by atoms with van der Waals surface area (Å²) >= 11 is 10.7. The van der Waals surface area contributed by atoms with Crippen LogP contribution in [-0.4, -0.2) is 67.7 Å². The van der Waals surface area contributed by atoms with Gasteiger partial charge < -0.3 is 9.64 Å². The van der Waals surface area contributed by atoms with E-state index in [1.165, 1.54) is 11.9 Å². The molecule has 18 heavy (non-hydrogen) atoms. The summed E-state index contributed by atoms with van der Waals surface area (Å²) in [5, 5.41) is 0. The van der Waals surface area contributed by atoms with Gasteiger partial charge in [0.05, 0.1) is 17.5 Å². The maximum Gasteiger partial charge on any atom is 0.321 e. The van der Waals surface area contributed by atoms with Crippen LogP contribution in [-0.2, 0) is 24.2 Å². The van der Waals surface area contributed by atoms with Crippen molar-refractivity contribution < 1.29 is 22.7 Å². The van der Waals surface area contributed by atoms with Gasteiger partial charge in [0, 0.05) is 7.05 Å². The molecule has 0 aromatic carbocycles. The van der Waals surface area contributed by atoms with Crippen LogP contribution in [0.1, 0.15) is 0 Å². The predicted molar refractivity (Wildman–Crippen MR) is 66.5 cm³/mol. The van der Waals surface area contributed by atoms with E-state index in [0.717, 1.165) is 0 Å². The second-order valence-corrected chi connectivity index (χ2v) is 6.63. The fourth-order valence-electron chi connectivity index (χ4n) is 1.75. The van der Waals surface area contributed by atoms with E-state index in [9.17, 15) is 18.0 Å². The zero-order valence-electron chi connectivity index (χ0n) is 9.64. The monoisotopic (exact) mass is 317 g/mol. The molecular weight excluding hydrogens is 305 g/mol. The molecule has 1 heterocycles. The van der Waals surface area contributed by atoms with Gasteiger partial charge in [0.1, 0.15) is 17.9 Å². The molecular formula is C9H13Cl2NO5S. The third-order valence-electron chi connectivity index (χ3n) is 2.67. The normalized spacial score (nSPS) is 25.7. The Kier molecular flexibility index (Phi) is 5.24. The molecule has 0 bridgehead atoms. The van der Waals surface area contributed by atoms with Crippen LogP contribution in [0, 0.1) is 0 Å². The van der Waals surface area contributed by atoms with Gasteiger partial charge in [-0.15, -0.1) is 23.2 Å². The molecule has 0 aliphatic carbocycles. The van der Waals surface area contributed by atoms with Crippen molar-refractivity contribution in [2.45, 2.75) is 12.1 Å². The van der Waals surface area contributed by atoms with Crippen LogP contribution in [0.15, 0.2) is 0 Å². The fraction of sp³-hybridized carbons (Fsp3) is 0.778. The lowest BCUT2D eigenvalue weighted by molar-refractivity contribution is -0.149. The van der Waals surface area contributed by atoms with Crippen molar-refractivity contribution >= 4 is 44.9 Å². The van der Waals surface area contributed by atoms with Crippen LogP contribution in [0.4, 0.5) is 0 Å². The van der Waals surface area contributed by atoms with Gasteiger partial charge in [-0.25, -0.2) is 8.42 Å². The van der Waals surface area contributed by atoms with Gasteiger partial charge in [0.2, 0.25) is 5.91 Å². The maximum atomic E-state index is 11.5. The molecule has 1 fully saturated rings. The third kappa shape index (κ3) is 3.73. The van der Waals surface area contributed by atoms with Crippen LogP contribution in [0.5, 0.6) is 0 Å². The average Bonchev–Trinajstić information content (AvgIpc) is 2.62. The van der Waals surface area contributed by atoms with Crippen molar-refractivity contribution in [1.29, 1.82) is 0 Å². The van der Waals surface area contributed by atoms with Crippen molar-refractivity contribution in [3.8, 4) is 0 Å². The van der Waals surface area contributed by atoms with Gasteiger partial charge in [-0.2, -0.15) is 0 Å². The first-order chi connectivity index (χ1) is 8.30. The molecule has 0 N–H and O–H groups in total. The highest BCUT2D eigenvalue weighted by atomic mass is 35.5. The summed E-state index contributed by atoms with van der Waals surface area (Å²) in [6.45, 7) is 0. The molecule has 104 valence electrons. The number of hydrogen-bond donors (Lipinski definition) is 0. The van der Waals surface area contributed by atoms with Crippen LogP contribution in [0.25, 0.3) is 0 Å². The molecule has 6 nitrogen and oxygen atoms in total. The van der Waals surface area contributed by atoms with Gasteiger partial charge in [-0.1, -0.05) is 0 Å². The Labute approximate surface area is 115 Å². The number of hydrogen-bond acceptors (Lipinski definition) is 5. The van der Waals surface area contributed by atoms with Crippen molar-refractivity contribution in [2.75, 3.05) is 30.3 Å². The fourth-order valence-corrected chi connectivity index (χ4v) is 3.89. The second kappa shape index (κ2) is 6.08. The van der Waals surface area contributed by atoms with E-state index in [1.807, 2.05) is 0 Å². The number of halogens is 2. The number of likely N-dealkylation sites (N-methyl/N-ethyl adjacent to an activating group) is 1. The number of esters is 1. The van der Waals surface area contributed by atoms with E-state index in [2.05, 4.69) is 0 Å². The third-order valence-corrected chi connectivity index (χ3v) is 4.80. The molecule has 0 spiro atoms. The highest BCUT2D eigenvalue weighted by Gasteiger charge is 2.43. The zero-order chi connectivity index (χ0) is 13.9. The van der Waals surface area contributed by atoms with Crippen LogP contribution >= 0.6 is 23.2 Å². The number of nitrogens with zero attached hydrogens (tertiary/aromatic N) is 1. The first kappa shape index (κ1) is 15.5. The predicted octanol–water partition coefficient (Wildman–Crippen LogP) is -0.369. The molecule has 1 amide bonds. The molecule has 1 rings (SSSR count). The molecule has 0 unspecified atom stereocenters. The Hall–Kier alpha value is -0.530. The minimum Gasteiger partial charge on any atom is -0.458 e. The van der Waals surface area contributed by atoms with E-state index in [4.69, 9.17) is 27.9 Å². The minimum atomic E-state index is -3.34. The summed E-state index contributed by atoms with van der Waals surface area (Å²) < 4.78 is 28.0. The van der Waals surface area contributed by atoms with Gasteiger partial charge >= 0.3 is 5.97 Å². The highest BCUT2D eigenvalue weighted by Crippen LogP contribution is 2.21. The van der Waals surface area contributed by atoms with Crippen molar-refractivity contribution in [3.05, 3.63) is 0 Å². The molecule has 1 saturated heterocycles. The van der Waals surface area contributed by atoms with Gasteiger partial charge in [-0.05, 0) is 0 Å². The lowest BCUT2D eigenvalue weighted by Gasteiger charge is -2.27. The zero-order valence-corrected chi connectivity index (χ0v) is 12.0. The number of carbonyl (C=O) groups is 2. The Bertz CT molecular complexity index is 438. The Morgan fingerprint density at radius 2 is 1.89 bits per heavy atom. The Balaban J connectivity index is 2.85. The van der Waals surface area contributed by atoms with Crippen molar-refractivity contribution in [3.63, 3.8) is 0 Å².